The number of hydrogen-bond acceptors (Lipinski definition) is 3. The molecule has 238 valence electrons. The summed E-state index contributed by atoms with van der Waals surface area (Å²) in [5.41, 5.74) is 13.6. The van der Waals surface area contributed by atoms with Gasteiger partial charge in [0.1, 0.15) is 11.6 Å². The van der Waals surface area contributed by atoms with E-state index in [1.807, 2.05) is 48.8 Å². The summed E-state index contributed by atoms with van der Waals surface area (Å²) in [5.74, 6) is 1.64. The predicted molar refractivity (Wildman–Crippen MR) is 212 cm³/mol. The number of hydrogen-bond donors (Lipinski definition) is 0. The summed E-state index contributed by atoms with van der Waals surface area (Å²) in [5, 5.41) is 5.10. The maximum atomic E-state index is 4.66. The van der Waals surface area contributed by atoms with Gasteiger partial charge in [-0.3, -0.25) is 4.90 Å². The molecule has 0 unspecified atom stereocenters. The number of aromatic nitrogens is 2. The van der Waals surface area contributed by atoms with Crippen LogP contribution in [0.25, 0.3) is 77.2 Å². The molecule has 3 nitrogen and oxygen atoms in total. The summed E-state index contributed by atoms with van der Waals surface area (Å²) in [6.07, 6.45) is 3.64. The smallest absolute Gasteiger partial charge is 0.138 e. The molecule has 0 aliphatic heterocycles. The number of nitrogens with zero attached hydrogens (tertiary/aromatic N) is 3. The normalized spacial score (nSPS) is 11.5. The van der Waals surface area contributed by atoms with E-state index in [0.29, 0.717) is 0 Å². The summed E-state index contributed by atoms with van der Waals surface area (Å²) in [6, 6.07) is 62.9. The highest BCUT2D eigenvalue weighted by atomic mass is 15.2. The standard InChI is InChI=1S/C48H31N3/c1-3-14-33(15-4-1)44-38-18-7-8-19-39(38)45(34-16-5-2-6-17-34)48-41-29-28-36(37-20-13-21-40(46(37)41)47(44)48)32-24-26-35(27-25-32)51(42-22-9-11-30-49-42)43-23-10-12-31-50-43/h1-31H. The van der Waals surface area contributed by atoms with Gasteiger partial charge >= 0.3 is 0 Å². The third-order valence-corrected chi connectivity index (χ3v) is 10.1. The largest absolute Gasteiger partial charge is 0.279 e. The van der Waals surface area contributed by atoms with E-state index in [1.54, 1.807) is 0 Å². The molecule has 0 amide bonds. The fraction of sp³-hybridized carbons (Fsp3) is 0. The van der Waals surface area contributed by atoms with E-state index in [-0.39, 0.29) is 0 Å². The van der Waals surface area contributed by atoms with Crippen LogP contribution in [0.3, 0.4) is 0 Å². The van der Waals surface area contributed by atoms with Crippen molar-refractivity contribution in [3.05, 3.63) is 188 Å². The molecule has 51 heavy (non-hydrogen) atoms. The highest BCUT2D eigenvalue weighted by Gasteiger charge is 2.31. The van der Waals surface area contributed by atoms with Crippen molar-refractivity contribution in [3.8, 4) is 55.6 Å². The Morgan fingerprint density at radius 3 is 1.35 bits per heavy atom. The van der Waals surface area contributed by atoms with Crippen molar-refractivity contribution in [2.24, 2.45) is 0 Å². The zero-order valence-corrected chi connectivity index (χ0v) is 27.7. The van der Waals surface area contributed by atoms with Crippen molar-refractivity contribution in [2.75, 3.05) is 4.90 Å². The van der Waals surface area contributed by atoms with E-state index in [9.17, 15) is 0 Å². The van der Waals surface area contributed by atoms with Crippen LogP contribution in [0.5, 0.6) is 0 Å². The van der Waals surface area contributed by atoms with Crippen molar-refractivity contribution >= 4 is 38.9 Å². The van der Waals surface area contributed by atoms with Crippen molar-refractivity contribution in [1.82, 2.24) is 9.97 Å². The summed E-state index contributed by atoms with van der Waals surface area (Å²) in [7, 11) is 0. The van der Waals surface area contributed by atoms with Gasteiger partial charge in [-0.15, -0.1) is 0 Å². The first-order valence-electron chi connectivity index (χ1n) is 17.3. The monoisotopic (exact) mass is 649 g/mol. The van der Waals surface area contributed by atoms with Crippen LogP contribution in [0, 0.1) is 0 Å². The van der Waals surface area contributed by atoms with E-state index in [1.165, 1.54) is 71.6 Å². The first-order valence-corrected chi connectivity index (χ1v) is 17.3. The van der Waals surface area contributed by atoms with Crippen molar-refractivity contribution in [3.63, 3.8) is 0 Å². The van der Waals surface area contributed by atoms with Crippen LogP contribution in [0.1, 0.15) is 0 Å². The van der Waals surface area contributed by atoms with E-state index >= 15 is 0 Å². The molecule has 1 aliphatic carbocycles. The van der Waals surface area contributed by atoms with E-state index in [4.69, 9.17) is 0 Å². The summed E-state index contributed by atoms with van der Waals surface area (Å²) >= 11 is 0. The molecule has 0 saturated heterocycles. The van der Waals surface area contributed by atoms with Gasteiger partial charge in [0.15, 0.2) is 0 Å². The maximum Gasteiger partial charge on any atom is 0.138 e. The van der Waals surface area contributed by atoms with Gasteiger partial charge in [0.25, 0.3) is 0 Å². The van der Waals surface area contributed by atoms with Gasteiger partial charge in [-0.1, -0.05) is 140 Å². The molecule has 0 atom stereocenters. The Bertz CT molecular complexity index is 2580. The number of pyridine rings is 2. The minimum atomic E-state index is 0.822. The fourth-order valence-corrected chi connectivity index (χ4v) is 8.01. The average molecular weight is 650 g/mol. The van der Waals surface area contributed by atoms with Gasteiger partial charge in [-0.05, 0) is 114 Å². The molecule has 0 N–H and O–H groups in total. The molecule has 1 aliphatic rings. The highest BCUT2D eigenvalue weighted by Crippen LogP contribution is 2.58. The average Bonchev–Trinajstić information content (AvgIpc) is 3.54. The first kappa shape index (κ1) is 29.1. The van der Waals surface area contributed by atoms with Gasteiger partial charge in [-0.2, -0.15) is 0 Å². The Morgan fingerprint density at radius 1 is 0.314 bits per heavy atom. The molecule has 0 bridgehead atoms. The lowest BCUT2D eigenvalue weighted by Gasteiger charge is -2.23. The predicted octanol–water partition coefficient (Wildman–Crippen LogP) is 12.9. The molecule has 0 saturated carbocycles. The maximum absolute atomic E-state index is 4.66. The van der Waals surface area contributed by atoms with E-state index in [2.05, 4.69) is 154 Å². The Balaban J connectivity index is 1.19. The second-order valence-corrected chi connectivity index (χ2v) is 12.9. The SMILES string of the molecule is c1ccc(-c2c3c(c(-c4ccccc4)c4ccccc24)-c2ccc(-c4ccc(N(c5ccccn5)c5ccccn5)cc4)c4cccc-3c24)cc1. The molecular formula is C48H31N3. The lowest BCUT2D eigenvalue weighted by Crippen LogP contribution is -2.12. The van der Waals surface area contributed by atoms with Crippen LogP contribution >= 0.6 is 0 Å². The topological polar surface area (TPSA) is 29.0 Å². The Morgan fingerprint density at radius 2 is 0.804 bits per heavy atom. The molecule has 3 heteroatoms. The highest BCUT2D eigenvalue weighted by molar-refractivity contribution is 6.28. The number of fused-ring (bicyclic) bond motifs is 4. The molecule has 0 radical (unpaired) electrons. The van der Waals surface area contributed by atoms with Crippen molar-refractivity contribution < 1.29 is 0 Å². The summed E-state index contributed by atoms with van der Waals surface area (Å²) in [6.45, 7) is 0. The van der Waals surface area contributed by atoms with Gasteiger partial charge in [0, 0.05) is 18.1 Å². The summed E-state index contributed by atoms with van der Waals surface area (Å²) in [4.78, 5) is 11.4. The summed E-state index contributed by atoms with van der Waals surface area (Å²) < 4.78 is 0. The van der Waals surface area contributed by atoms with Gasteiger partial charge < -0.3 is 0 Å². The third-order valence-electron chi connectivity index (χ3n) is 10.1. The van der Waals surface area contributed by atoms with Crippen molar-refractivity contribution in [2.45, 2.75) is 0 Å². The molecule has 2 aromatic heterocycles. The lowest BCUT2D eigenvalue weighted by atomic mass is 9.82. The van der Waals surface area contributed by atoms with Crippen LogP contribution in [0.2, 0.25) is 0 Å². The molecule has 7 aromatic carbocycles. The minimum Gasteiger partial charge on any atom is -0.279 e. The Labute approximate surface area is 296 Å². The molecule has 9 aromatic rings. The number of anilines is 3. The molecular weight excluding hydrogens is 619 g/mol. The molecule has 0 spiro atoms. The second-order valence-electron chi connectivity index (χ2n) is 12.9. The number of rotatable bonds is 6. The lowest BCUT2D eigenvalue weighted by molar-refractivity contribution is 1.13. The number of benzene rings is 7. The molecule has 2 heterocycles. The quantitative estimate of drug-likeness (QED) is 0.179. The zero-order valence-electron chi connectivity index (χ0n) is 27.7. The third kappa shape index (κ3) is 4.67. The second kappa shape index (κ2) is 11.9. The zero-order chi connectivity index (χ0) is 33.7. The van der Waals surface area contributed by atoms with Gasteiger partial charge in [0.05, 0.1) is 0 Å². The van der Waals surface area contributed by atoms with Gasteiger partial charge in [-0.25, -0.2) is 9.97 Å². The van der Waals surface area contributed by atoms with Crippen molar-refractivity contribution in [1.29, 1.82) is 0 Å². The van der Waals surface area contributed by atoms with Gasteiger partial charge in [0.2, 0.25) is 0 Å². The Hall–Kier alpha value is -6.84. The molecule has 0 fully saturated rings. The van der Waals surface area contributed by atoms with E-state index < -0.39 is 0 Å². The van der Waals surface area contributed by atoms with Crippen LogP contribution in [0.15, 0.2) is 188 Å². The molecule has 10 rings (SSSR count). The van der Waals surface area contributed by atoms with Crippen LogP contribution < -0.4 is 4.90 Å². The Kier molecular flexibility index (Phi) is 6.81. The minimum absolute atomic E-state index is 0.822. The van der Waals surface area contributed by atoms with Crippen LogP contribution in [-0.2, 0) is 0 Å². The van der Waals surface area contributed by atoms with Crippen LogP contribution in [-0.4, -0.2) is 9.97 Å². The fourth-order valence-electron chi connectivity index (χ4n) is 8.01. The van der Waals surface area contributed by atoms with Crippen LogP contribution in [0.4, 0.5) is 17.3 Å². The van der Waals surface area contributed by atoms with E-state index in [0.717, 1.165) is 22.9 Å². The first-order chi connectivity index (χ1) is 25.3.